The van der Waals surface area contributed by atoms with Crippen LogP contribution >= 0.6 is 0 Å². The number of nitrogen functional groups attached to an aromatic ring is 1. The van der Waals surface area contributed by atoms with Crippen molar-refractivity contribution in [1.29, 1.82) is 5.26 Å². The lowest BCUT2D eigenvalue weighted by Crippen LogP contribution is -2.38. The second kappa shape index (κ2) is 8.52. The number of aromatic nitrogens is 2. The minimum absolute atomic E-state index is 0.125. The molecule has 0 spiro atoms. The van der Waals surface area contributed by atoms with Gasteiger partial charge in [-0.1, -0.05) is 0 Å². The molecule has 0 saturated carbocycles. The van der Waals surface area contributed by atoms with Crippen molar-refractivity contribution in [2.24, 2.45) is 5.10 Å². The smallest absolute Gasteiger partial charge is 0.267 e. The lowest BCUT2D eigenvalue weighted by Gasteiger charge is -2.18. The predicted molar refractivity (Wildman–Crippen MR) is 103 cm³/mol. The highest BCUT2D eigenvalue weighted by Crippen LogP contribution is 2.21. The fourth-order valence-corrected chi connectivity index (χ4v) is 2.95. The highest BCUT2D eigenvalue weighted by molar-refractivity contribution is 6.39. The molecule has 1 aromatic heterocycles. The zero-order chi connectivity index (χ0) is 21.0. The van der Waals surface area contributed by atoms with Gasteiger partial charge in [0.2, 0.25) is 5.91 Å². The van der Waals surface area contributed by atoms with Crippen LogP contribution in [0.15, 0.2) is 29.4 Å². The van der Waals surface area contributed by atoms with E-state index in [0.717, 1.165) is 0 Å². The van der Waals surface area contributed by atoms with Crippen LogP contribution in [0, 0.1) is 17.1 Å². The van der Waals surface area contributed by atoms with Gasteiger partial charge in [0.05, 0.1) is 11.4 Å². The molecule has 0 unspecified atom stereocenters. The highest BCUT2D eigenvalue weighted by atomic mass is 19.1. The molecule has 3 rings (SSSR count). The van der Waals surface area contributed by atoms with E-state index in [9.17, 15) is 19.2 Å². The molecule has 0 fully saturated rings. The van der Waals surface area contributed by atoms with Gasteiger partial charge in [0.1, 0.15) is 29.0 Å². The molecular formula is C19H20FN7O2. The Morgan fingerprint density at radius 1 is 1.34 bits per heavy atom. The molecule has 150 valence electrons. The van der Waals surface area contributed by atoms with Crippen LogP contribution in [-0.2, 0) is 16.0 Å². The predicted octanol–water partition coefficient (Wildman–Crippen LogP) is 1.12. The molecule has 2 aromatic rings. The number of hydrogen-bond acceptors (Lipinski definition) is 6. The lowest BCUT2D eigenvalue weighted by atomic mass is 10.1. The molecule has 0 aliphatic carbocycles. The summed E-state index contributed by atoms with van der Waals surface area (Å²) >= 11 is 0. The number of nitrogens with one attached hydrogen (secondary N) is 1. The number of hydrazone groups is 1. The maximum absolute atomic E-state index is 13.1. The van der Waals surface area contributed by atoms with Gasteiger partial charge in [0.25, 0.3) is 5.91 Å². The van der Waals surface area contributed by atoms with Crippen LogP contribution in [0.25, 0.3) is 5.69 Å². The molecule has 2 amide bonds. The lowest BCUT2D eigenvalue weighted by molar-refractivity contribution is -0.130. The Bertz CT molecular complexity index is 1000. The second-order valence-electron chi connectivity index (χ2n) is 6.53. The molecule has 0 atom stereocenters. The number of benzene rings is 1. The molecule has 0 bridgehead atoms. The molecule has 3 N–H and O–H groups in total. The quantitative estimate of drug-likeness (QED) is 0.706. The third kappa shape index (κ3) is 4.40. The van der Waals surface area contributed by atoms with Crippen LogP contribution in [0.3, 0.4) is 0 Å². The van der Waals surface area contributed by atoms with Crippen molar-refractivity contribution in [3.63, 3.8) is 0 Å². The average molecular weight is 397 g/mol. The Labute approximate surface area is 166 Å². The molecule has 29 heavy (non-hydrogen) atoms. The first-order valence-electron chi connectivity index (χ1n) is 9.06. The van der Waals surface area contributed by atoms with E-state index >= 15 is 0 Å². The zero-order valence-electron chi connectivity index (χ0n) is 15.9. The summed E-state index contributed by atoms with van der Waals surface area (Å²) in [5, 5.41) is 21.7. The fraction of sp³-hybridized carbons (Fsp3) is 0.316. The maximum atomic E-state index is 13.1. The topological polar surface area (TPSA) is 129 Å². The van der Waals surface area contributed by atoms with Crippen molar-refractivity contribution >= 4 is 23.3 Å². The largest absolute Gasteiger partial charge is 0.382 e. The first kappa shape index (κ1) is 20.0. The molecule has 10 heteroatoms. The summed E-state index contributed by atoms with van der Waals surface area (Å²) in [5.74, 6) is -0.641. The van der Waals surface area contributed by atoms with Crippen LogP contribution in [-0.4, -0.2) is 45.9 Å². The SMILES string of the molecule is CN1N=C(C(=O)NCCCc2nn(-c3ccc(F)cc3)c(N)c2C#N)CCC1=O. The molecular weight excluding hydrogens is 377 g/mol. The standard InChI is InChI=1S/C19H20FN7O2/c1-26-17(28)9-8-16(24-26)19(29)23-10-2-3-15-14(11-21)18(22)27(25-15)13-6-4-12(20)5-7-13/h4-7H,2-3,8-10,22H2,1H3,(H,23,29). The minimum atomic E-state index is -0.380. The summed E-state index contributed by atoms with van der Waals surface area (Å²) in [6.45, 7) is 0.351. The van der Waals surface area contributed by atoms with E-state index in [0.29, 0.717) is 42.9 Å². The Morgan fingerprint density at radius 2 is 2.07 bits per heavy atom. The van der Waals surface area contributed by atoms with Crippen LogP contribution in [0.1, 0.15) is 30.5 Å². The van der Waals surface area contributed by atoms with E-state index in [1.807, 2.05) is 6.07 Å². The van der Waals surface area contributed by atoms with Crippen LogP contribution < -0.4 is 11.1 Å². The van der Waals surface area contributed by atoms with Gasteiger partial charge >= 0.3 is 0 Å². The number of nitriles is 1. The number of nitrogens with zero attached hydrogens (tertiary/aromatic N) is 5. The van der Waals surface area contributed by atoms with Gasteiger partial charge in [-0.15, -0.1) is 0 Å². The van der Waals surface area contributed by atoms with E-state index in [1.54, 1.807) is 0 Å². The summed E-state index contributed by atoms with van der Waals surface area (Å²) in [5.41, 5.74) is 7.66. The summed E-state index contributed by atoms with van der Waals surface area (Å²) < 4.78 is 14.5. The third-order valence-electron chi connectivity index (χ3n) is 4.52. The maximum Gasteiger partial charge on any atom is 0.267 e. The van der Waals surface area contributed by atoms with Gasteiger partial charge in [-0.05, 0) is 37.1 Å². The van der Waals surface area contributed by atoms with Crippen molar-refractivity contribution < 1.29 is 14.0 Å². The Morgan fingerprint density at radius 3 is 2.72 bits per heavy atom. The number of nitrogens with two attached hydrogens (primary N) is 1. The molecule has 1 aliphatic heterocycles. The number of aryl methyl sites for hydroxylation is 1. The van der Waals surface area contributed by atoms with Crippen molar-refractivity contribution in [2.75, 3.05) is 19.3 Å². The van der Waals surface area contributed by atoms with Gasteiger partial charge in [0.15, 0.2) is 0 Å². The van der Waals surface area contributed by atoms with Gasteiger partial charge in [0, 0.05) is 26.4 Å². The Hall–Kier alpha value is -3.74. The zero-order valence-corrected chi connectivity index (χ0v) is 15.9. The van der Waals surface area contributed by atoms with E-state index in [-0.39, 0.29) is 35.4 Å². The molecule has 0 saturated heterocycles. The van der Waals surface area contributed by atoms with Gasteiger partial charge in [-0.25, -0.2) is 14.1 Å². The summed E-state index contributed by atoms with van der Waals surface area (Å²) in [6, 6.07) is 7.67. The molecule has 1 aliphatic rings. The van der Waals surface area contributed by atoms with Crippen LogP contribution in [0.4, 0.5) is 10.2 Å². The summed E-state index contributed by atoms with van der Waals surface area (Å²) in [4.78, 5) is 23.6. The first-order chi connectivity index (χ1) is 13.9. The molecule has 9 nitrogen and oxygen atoms in total. The summed E-state index contributed by atoms with van der Waals surface area (Å²) in [6.07, 6.45) is 1.52. The van der Waals surface area contributed by atoms with Crippen LogP contribution in [0.5, 0.6) is 0 Å². The monoisotopic (exact) mass is 397 g/mol. The third-order valence-corrected chi connectivity index (χ3v) is 4.52. The van der Waals surface area contributed by atoms with E-state index < -0.39 is 0 Å². The number of amides is 2. The highest BCUT2D eigenvalue weighted by Gasteiger charge is 2.22. The number of carbonyl (C=O) groups excluding carboxylic acids is 2. The number of anilines is 1. The Kier molecular flexibility index (Phi) is 5.87. The van der Waals surface area contributed by atoms with Gasteiger partial charge in [-0.3, -0.25) is 9.59 Å². The van der Waals surface area contributed by atoms with Crippen molar-refractivity contribution in [1.82, 2.24) is 20.1 Å². The number of hydrogen-bond donors (Lipinski definition) is 2. The number of halogens is 1. The molecule has 1 aromatic carbocycles. The van der Waals surface area contributed by atoms with Crippen molar-refractivity contribution in [3.05, 3.63) is 41.3 Å². The van der Waals surface area contributed by atoms with Crippen molar-refractivity contribution in [3.8, 4) is 11.8 Å². The van der Waals surface area contributed by atoms with Crippen LogP contribution in [0.2, 0.25) is 0 Å². The number of carbonyl (C=O) groups is 2. The first-order valence-corrected chi connectivity index (χ1v) is 9.06. The molecule has 0 radical (unpaired) electrons. The second-order valence-corrected chi connectivity index (χ2v) is 6.53. The van der Waals surface area contributed by atoms with Gasteiger partial charge in [-0.2, -0.15) is 15.5 Å². The number of rotatable bonds is 6. The van der Waals surface area contributed by atoms with E-state index in [1.165, 1.54) is 41.0 Å². The van der Waals surface area contributed by atoms with E-state index in [4.69, 9.17) is 5.73 Å². The summed E-state index contributed by atoms with van der Waals surface area (Å²) in [7, 11) is 1.51. The normalized spacial score (nSPS) is 13.8. The average Bonchev–Trinajstić information content (AvgIpc) is 3.03. The van der Waals surface area contributed by atoms with Crippen molar-refractivity contribution in [2.45, 2.75) is 25.7 Å². The minimum Gasteiger partial charge on any atom is -0.382 e. The van der Waals surface area contributed by atoms with E-state index in [2.05, 4.69) is 15.5 Å². The van der Waals surface area contributed by atoms with Gasteiger partial charge < -0.3 is 11.1 Å². The Balaban J connectivity index is 1.61. The fourth-order valence-electron chi connectivity index (χ4n) is 2.95. The molecule has 2 heterocycles.